The number of hydrogen-bond acceptors (Lipinski definition) is 4. The number of nitrogens with zero attached hydrogens (tertiary/aromatic N) is 1. The van der Waals surface area contributed by atoms with Gasteiger partial charge in [-0.1, -0.05) is 26.7 Å². The molecule has 20 heavy (non-hydrogen) atoms. The van der Waals surface area contributed by atoms with Crippen LogP contribution in [0.1, 0.15) is 39.5 Å². The second kappa shape index (κ2) is 8.01. The molecule has 0 rings (SSSR count). The SMILES string of the molecule is CCCCN(CCCC)CC(O)(P(=O)(O)O)P(=O)(O)O. The molecule has 8 nitrogen and oxygen atoms in total. The lowest BCUT2D eigenvalue weighted by Crippen LogP contribution is -2.43. The summed E-state index contributed by atoms with van der Waals surface area (Å²) in [5.74, 6) is 0. The number of unbranched alkanes of at least 4 members (excludes halogenated alkanes) is 2. The highest BCUT2D eigenvalue weighted by Gasteiger charge is 2.59. The van der Waals surface area contributed by atoms with Crippen molar-refractivity contribution in [3.05, 3.63) is 0 Å². The molecule has 0 aliphatic rings. The third kappa shape index (κ3) is 5.54. The molecular weight excluding hydrogens is 308 g/mol. The maximum absolute atomic E-state index is 11.3. The van der Waals surface area contributed by atoms with Crippen LogP contribution in [0.15, 0.2) is 0 Å². The van der Waals surface area contributed by atoms with Gasteiger partial charge in [-0.05, 0) is 25.9 Å². The molecular formula is C10H25NO7P2. The first-order chi connectivity index (χ1) is 8.99. The molecule has 0 fully saturated rings. The Morgan fingerprint density at radius 1 is 0.900 bits per heavy atom. The van der Waals surface area contributed by atoms with E-state index in [1.54, 1.807) is 0 Å². The van der Waals surface area contributed by atoms with Crippen molar-refractivity contribution in [2.24, 2.45) is 0 Å². The van der Waals surface area contributed by atoms with E-state index in [0.717, 1.165) is 12.8 Å². The van der Waals surface area contributed by atoms with Gasteiger partial charge in [0.25, 0.3) is 5.08 Å². The fourth-order valence-corrected chi connectivity index (χ4v) is 3.81. The Labute approximate surface area is 119 Å². The average Bonchev–Trinajstić information content (AvgIpc) is 2.29. The third-order valence-electron chi connectivity index (χ3n) is 3.02. The monoisotopic (exact) mass is 333 g/mol. The molecule has 0 aromatic rings. The smallest absolute Gasteiger partial charge is 0.367 e. The Balaban J connectivity index is 5.18. The van der Waals surface area contributed by atoms with Gasteiger partial charge in [0, 0.05) is 0 Å². The van der Waals surface area contributed by atoms with Crippen LogP contribution in [0, 0.1) is 0 Å². The number of rotatable bonds is 10. The molecule has 122 valence electrons. The number of aliphatic hydroxyl groups is 1. The third-order valence-corrected chi connectivity index (χ3v) is 6.74. The first-order valence-electron chi connectivity index (χ1n) is 6.55. The van der Waals surface area contributed by atoms with E-state index in [2.05, 4.69) is 0 Å². The van der Waals surface area contributed by atoms with Gasteiger partial charge in [-0.15, -0.1) is 0 Å². The molecule has 0 atom stereocenters. The Kier molecular flexibility index (Phi) is 8.10. The first-order valence-corrected chi connectivity index (χ1v) is 9.78. The molecule has 0 aliphatic carbocycles. The minimum Gasteiger partial charge on any atom is -0.367 e. The van der Waals surface area contributed by atoms with Crippen molar-refractivity contribution in [2.45, 2.75) is 44.6 Å². The summed E-state index contributed by atoms with van der Waals surface area (Å²) in [6.07, 6.45) is 3.07. The van der Waals surface area contributed by atoms with Crippen molar-refractivity contribution < 1.29 is 33.8 Å². The lowest BCUT2D eigenvalue weighted by Gasteiger charge is -2.34. The van der Waals surface area contributed by atoms with E-state index in [4.69, 9.17) is 19.6 Å². The van der Waals surface area contributed by atoms with Crippen molar-refractivity contribution in [1.29, 1.82) is 0 Å². The van der Waals surface area contributed by atoms with Crippen LogP contribution in [0.3, 0.4) is 0 Å². The summed E-state index contributed by atoms with van der Waals surface area (Å²) >= 11 is 0. The molecule has 0 amide bonds. The van der Waals surface area contributed by atoms with Gasteiger partial charge >= 0.3 is 15.2 Å². The van der Waals surface area contributed by atoms with E-state index in [0.29, 0.717) is 25.9 Å². The van der Waals surface area contributed by atoms with E-state index in [9.17, 15) is 14.2 Å². The zero-order chi connectivity index (χ0) is 16.0. The van der Waals surface area contributed by atoms with Gasteiger partial charge in [0.2, 0.25) is 0 Å². The fourth-order valence-electron chi connectivity index (χ4n) is 1.69. The summed E-state index contributed by atoms with van der Waals surface area (Å²) in [5, 5.41) is 6.54. The van der Waals surface area contributed by atoms with Crippen LogP contribution >= 0.6 is 15.2 Å². The standard InChI is InChI=1S/C10H25NO7P2/c1-3-5-7-11(8-6-4-2)9-10(12,19(13,14)15)20(16,17)18/h12H,3-9H2,1-2H3,(H2,13,14,15)(H2,16,17,18). The lowest BCUT2D eigenvalue weighted by molar-refractivity contribution is 0.0854. The largest absolute Gasteiger partial charge is 0.370 e. The topological polar surface area (TPSA) is 139 Å². The fraction of sp³-hybridized carbons (Fsp3) is 1.00. The maximum atomic E-state index is 11.3. The van der Waals surface area contributed by atoms with E-state index < -0.39 is 26.8 Å². The van der Waals surface area contributed by atoms with Crippen LogP contribution in [-0.2, 0) is 9.13 Å². The van der Waals surface area contributed by atoms with Gasteiger partial charge in [0.15, 0.2) is 0 Å². The van der Waals surface area contributed by atoms with Crippen LogP contribution in [0.5, 0.6) is 0 Å². The van der Waals surface area contributed by atoms with Gasteiger partial charge in [-0.3, -0.25) is 14.0 Å². The van der Waals surface area contributed by atoms with Crippen LogP contribution in [0.4, 0.5) is 0 Å². The molecule has 0 aromatic carbocycles. The van der Waals surface area contributed by atoms with Crippen LogP contribution in [0.25, 0.3) is 0 Å². The average molecular weight is 333 g/mol. The minimum absolute atomic E-state index is 0.415. The molecule has 0 aromatic heterocycles. The first kappa shape index (κ1) is 20.2. The van der Waals surface area contributed by atoms with Gasteiger partial charge in [0.1, 0.15) is 0 Å². The van der Waals surface area contributed by atoms with Crippen LogP contribution in [0.2, 0.25) is 0 Å². The zero-order valence-corrected chi connectivity index (χ0v) is 13.6. The molecule has 0 aliphatic heterocycles. The second-order valence-electron chi connectivity index (χ2n) is 4.85. The Morgan fingerprint density at radius 3 is 1.50 bits per heavy atom. The normalized spacial score (nSPS) is 14.0. The minimum atomic E-state index is -5.38. The van der Waals surface area contributed by atoms with Crippen LogP contribution < -0.4 is 0 Å². The molecule has 0 saturated carbocycles. The quantitative estimate of drug-likeness (QED) is 0.372. The van der Waals surface area contributed by atoms with Gasteiger partial charge in [0.05, 0.1) is 6.54 Å². The zero-order valence-electron chi connectivity index (χ0n) is 11.8. The summed E-state index contributed by atoms with van der Waals surface area (Å²) in [6, 6.07) is 0. The molecule has 0 saturated heterocycles. The summed E-state index contributed by atoms with van der Waals surface area (Å²) < 4.78 is 22.6. The molecule has 10 heteroatoms. The van der Waals surface area contributed by atoms with E-state index >= 15 is 0 Å². The van der Waals surface area contributed by atoms with Gasteiger partial charge in [-0.25, -0.2) is 0 Å². The highest BCUT2D eigenvalue weighted by atomic mass is 31.2. The van der Waals surface area contributed by atoms with E-state index in [-0.39, 0.29) is 0 Å². The molecule has 0 heterocycles. The van der Waals surface area contributed by atoms with E-state index in [1.807, 2.05) is 13.8 Å². The molecule has 5 N–H and O–H groups in total. The molecule has 0 spiro atoms. The van der Waals surface area contributed by atoms with Crippen molar-refractivity contribution >= 4 is 15.2 Å². The van der Waals surface area contributed by atoms with Crippen molar-refractivity contribution in [2.75, 3.05) is 19.6 Å². The van der Waals surface area contributed by atoms with Crippen molar-refractivity contribution in [3.8, 4) is 0 Å². The summed E-state index contributed by atoms with van der Waals surface area (Å²) in [5.41, 5.74) is 0. The highest BCUT2D eigenvalue weighted by molar-refractivity contribution is 7.72. The van der Waals surface area contributed by atoms with Crippen molar-refractivity contribution in [3.63, 3.8) is 0 Å². The van der Waals surface area contributed by atoms with Gasteiger partial charge in [-0.2, -0.15) is 0 Å². The maximum Gasteiger partial charge on any atom is 0.370 e. The highest BCUT2D eigenvalue weighted by Crippen LogP contribution is 2.67. The lowest BCUT2D eigenvalue weighted by atomic mass is 10.2. The Hall–Kier alpha value is 0.220. The van der Waals surface area contributed by atoms with Crippen LogP contribution in [-0.4, -0.2) is 54.3 Å². The van der Waals surface area contributed by atoms with E-state index in [1.165, 1.54) is 4.90 Å². The molecule has 0 radical (unpaired) electrons. The summed E-state index contributed by atoms with van der Waals surface area (Å²) in [4.78, 5) is 37.9. The number of hydrogen-bond donors (Lipinski definition) is 5. The molecule has 0 bridgehead atoms. The Bertz CT molecular complexity index is 348. The predicted octanol–water partition coefficient (Wildman–Crippen LogP) is 0.890. The second-order valence-corrected chi connectivity index (χ2v) is 8.85. The summed E-state index contributed by atoms with van der Waals surface area (Å²) in [7, 11) is -10.8. The summed E-state index contributed by atoms with van der Waals surface area (Å²) in [6.45, 7) is 3.94. The Morgan fingerprint density at radius 2 is 1.25 bits per heavy atom. The van der Waals surface area contributed by atoms with Gasteiger partial charge < -0.3 is 24.7 Å². The van der Waals surface area contributed by atoms with Crippen molar-refractivity contribution in [1.82, 2.24) is 4.90 Å². The predicted molar refractivity (Wildman–Crippen MR) is 75.3 cm³/mol. The molecule has 0 unspecified atom stereocenters.